The fourth-order valence-electron chi connectivity index (χ4n) is 2.11. The predicted molar refractivity (Wildman–Crippen MR) is 92.5 cm³/mol. The predicted octanol–water partition coefficient (Wildman–Crippen LogP) is 2.39. The minimum absolute atomic E-state index is 0.0336. The third kappa shape index (κ3) is 5.84. The molecule has 0 spiro atoms. The van der Waals surface area contributed by atoms with Gasteiger partial charge in [0.05, 0.1) is 17.2 Å². The lowest BCUT2D eigenvalue weighted by molar-refractivity contribution is -0.118. The van der Waals surface area contributed by atoms with Gasteiger partial charge in [-0.2, -0.15) is 4.98 Å². The van der Waals surface area contributed by atoms with E-state index in [2.05, 4.69) is 15.5 Å². The summed E-state index contributed by atoms with van der Waals surface area (Å²) in [4.78, 5) is 17.7. The zero-order chi connectivity index (χ0) is 17.4. The molecule has 1 aromatic carbocycles. The van der Waals surface area contributed by atoms with Gasteiger partial charge in [0.1, 0.15) is 5.82 Å². The van der Waals surface area contributed by atoms with Gasteiger partial charge in [0.25, 0.3) is 0 Å². The van der Waals surface area contributed by atoms with E-state index in [4.69, 9.17) is 4.52 Å². The normalized spacial score (nSPS) is 10.6. The average Bonchev–Trinajstić information content (AvgIpc) is 2.97. The zero-order valence-electron chi connectivity index (χ0n) is 13.8. The molecule has 1 N–H and O–H groups in total. The van der Waals surface area contributed by atoms with Crippen LogP contribution in [-0.2, 0) is 10.5 Å². The van der Waals surface area contributed by atoms with Crippen LogP contribution in [0.1, 0.15) is 18.1 Å². The average molecular weight is 352 g/mol. The van der Waals surface area contributed by atoms with Gasteiger partial charge in [-0.25, -0.2) is 4.39 Å². The number of carbonyl (C=O) groups excluding carboxylic acids is 1. The van der Waals surface area contributed by atoms with Crippen LogP contribution in [0.25, 0.3) is 0 Å². The quantitative estimate of drug-likeness (QED) is 0.699. The summed E-state index contributed by atoms with van der Waals surface area (Å²) in [6.07, 6.45) is 0.741. The zero-order valence-corrected chi connectivity index (χ0v) is 14.6. The number of rotatable bonds is 9. The lowest BCUT2D eigenvalue weighted by Crippen LogP contribution is -2.29. The molecule has 0 fully saturated rings. The van der Waals surface area contributed by atoms with E-state index in [1.807, 2.05) is 11.9 Å². The molecule has 130 valence electrons. The Bertz CT molecular complexity index is 665. The van der Waals surface area contributed by atoms with Crippen LogP contribution in [0.4, 0.5) is 10.1 Å². The van der Waals surface area contributed by atoms with Crippen molar-refractivity contribution >= 4 is 23.4 Å². The second kappa shape index (κ2) is 9.27. The van der Waals surface area contributed by atoms with Crippen LogP contribution in [0.2, 0.25) is 0 Å². The second-order valence-electron chi connectivity index (χ2n) is 5.30. The number of benzene rings is 1. The molecule has 0 saturated heterocycles. The number of aromatic nitrogens is 2. The van der Waals surface area contributed by atoms with E-state index in [0.29, 0.717) is 42.0 Å². The number of thioether (sulfide) groups is 1. The molecule has 1 aromatic heterocycles. The van der Waals surface area contributed by atoms with Crippen molar-refractivity contribution in [3.63, 3.8) is 0 Å². The van der Waals surface area contributed by atoms with Crippen LogP contribution in [-0.4, -0.2) is 41.9 Å². The highest BCUT2D eigenvalue weighted by Crippen LogP contribution is 2.16. The molecule has 1 heterocycles. The molecule has 0 aliphatic carbocycles. The number of hydrogen-bond donors (Lipinski definition) is 1. The van der Waals surface area contributed by atoms with E-state index in [1.54, 1.807) is 25.1 Å². The lowest BCUT2D eigenvalue weighted by atomic mass is 10.2. The minimum Gasteiger partial charge on any atom is -0.372 e. The fourth-order valence-corrected chi connectivity index (χ4v) is 2.80. The third-order valence-corrected chi connectivity index (χ3v) is 4.22. The molecule has 0 radical (unpaired) electrons. The summed E-state index contributed by atoms with van der Waals surface area (Å²) in [5, 5.41) is 6.62. The van der Waals surface area contributed by atoms with Crippen LogP contribution < -0.4 is 10.2 Å². The molecular weight excluding hydrogens is 331 g/mol. The highest BCUT2D eigenvalue weighted by atomic mass is 32.2. The highest BCUT2D eigenvalue weighted by Gasteiger charge is 2.07. The Morgan fingerprint density at radius 2 is 2.21 bits per heavy atom. The van der Waals surface area contributed by atoms with Crippen molar-refractivity contribution in [1.29, 1.82) is 0 Å². The van der Waals surface area contributed by atoms with Crippen LogP contribution in [0.5, 0.6) is 0 Å². The summed E-state index contributed by atoms with van der Waals surface area (Å²) in [6, 6.07) is 6.65. The number of para-hydroxylation sites is 1. The summed E-state index contributed by atoms with van der Waals surface area (Å²) in [7, 11) is 1.84. The standard InChI is InChI=1S/C16H21FN4O2S/c1-12-19-15(20-23-12)10-24-11-16(22)18-8-5-9-21(2)14-7-4-3-6-13(14)17/h3-4,6-7H,5,8-11H2,1-2H3,(H,18,22). The molecule has 2 rings (SSSR count). The van der Waals surface area contributed by atoms with Crippen molar-refractivity contribution in [2.75, 3.05) is 30.8 Å². The van der Waals surface area contributed by atoms with Crippen LogP contribution in [0, 0.1) is 12.7 Å². The van der Waals surface area contributed by atoms with Crippen LogP contribution >= 0.6 is 11.8 Å². The molecule has 24 heavy (non-hydrogen) atoms. The van der Waals surface area contributed by atoms with Gasteiger partial charge in [-0.3, -0.25) is 4.79 Å². The smallest absolute Gasteiger partial charge is 0.230 e. The van der Waals surface area contributed by atoms with Crippen molar-refractivity contribution in [2.45, 2.75) is 19.1 Å². The highest BCUT2D eigenvalue weighted by molar-refractivity contribution is 7.99. The Balaban J connectivity index is 1.58. The molecule has 0 atom stereocenters. The van der Waals surface area contributed by atoms with Crippen LogP contribution in [0.15, 0.2) is 28.8 Å². The molecule has 6 nitrogen and oxygen atoms in total. The van der Waals surface area contributed by atoms with Crippen molar-refractivity contribution in [3.8, 4) is 0 Å². The van der Waals surface area contributed by atoms with Gasteiger partial charge in [-0.15, -0.1) is 11.8 Å². The third-order valence-electron chi connectivity index (χ3n) is 3.29. The summed E-state index contributed by atoms with van der Waals surface area (Å²) in [5.41, 5.74) is 0.565. The van der Waals surface area contributed by atoms with Gasteiger partial charge in [0.2, 0.25) is 11.8 Å². The topological polar surface area (TPSA) is 71.3 Å². The van der Waals surface area contributed by atoms with Gasteiger partial charge < -0.3 is 14.7 Å². The molecule has 0 aliphatic rings. The molecule has 0 aliphatic heterocycles. The number of hydrogen-bond acceptors (Lipinski definition) is 6. The Morgan fingerprint density at radius 1 is 1.42 bits per heavy atom. The number of halogens is 1. The first-order valence-corrected chi connectivity index (χ1v) is 8.81. The summed E-state index contributed by atoms with van der Waals surface area (Å²) < 4.78 is 18.5. The SMILES string of the molecule is Cc1nc(CSCC(=O)NCCCN(C)c2ccccc2F)no1. The van der Waals surface area contributed by atoms with Crippen molar-refractivity contribution < 1.29 is 13.7 Å². The molecule has 0 bridgehead atoms. The fraction of sp³-hybridized carbons (Fsp3) is 0.438. The van der Waals surface area contributed by atoms with E-state index in [0.717, 1.165) is 6.42 Å². The number of nitrogens with zero attached hydrogens (tertiary/aromatic N) is 3. The monoisotopic (exact) mass is 352 g/mol. The first-order chi connectivity index (χ1) is 11.6. The molecule has 0 unspecified atom stereocenters. The minimum atomic E-state index is -0.239. The van der Waals surface area contributed by atoms with E-state index >= 15 is 0 Å². The van der Waals surface area contributed by atoms with Crippen molar-refractivity contribution in [3.05, 3.63) is 41.8 Å². The molecular formula is C16H21FN4O2S. The number of aryl methyl sites for hydroxylation is 1. The first kappa shape index (κ1) is 18.3. The number of carbonyl (C=O) groups is 1. The second-order valence-corrected chi connectivity index (χ2v) is 6.28. The Hall–Kier alpha value is -2.09. The molecule has 1 amide bonds. The van der Waals surface area contributed by atoms with Gasteiger partial charge in [-0.1, -0.05) is 17.3 Å². The molecule has 2 aromatic rings. The van der Waals surface area contributed by atoms with Gasteiger partial charge in [0.15, 0.2) is 5.82 Å². The largest absolute Gasteiger partial charge is 0.372 e. The van der Waals surface area contributed by atoms with E-state index < -0.39 is 0 Å². The molecule has 8 heteroatoms. The van der Waals surface area contributed by atoms with Crippen molar-refractivity contribution in [1.82, 2.24) is 15.5 Å². The lowest BCUT2D eigenvalue weighted by Gasteiger charge is -2.19. The van der Waals surface area contributed by atoms with Gasteiger partial charge in [-0.05, 0) is 18.6 Å². The van der Waals surface area contributed by atoms with Crippen molar-refractivity contribution in [2.24, 2.45) is 0 Å². The van der Waals surface area contributed by atoms with Gasteiger partial charge in [0, 0.05) is 27.1 Å². The number of nitrogens with one attached hydrogen (secondary N) is 1. The first-order valence-electron chi connectivity index (χ1n) is 7.65. The maximum absolute atomic E-state index is 13.6. The summed E-state index contributed by atoms with van der Waals surface area (Å²) in [5.74, 6) is 1.73. The van der Waals surface area contributed by atoms with E-state index in [-0.39, 0.29) is 11.7 Å². The Morgan fingerprint density at radius 3 is 2.92 bits per heavy atom. The maximum atomic E-state index is 13.6. The van der Waals surface area contributed by atoms with Crippen LogP contribution in [0.3, 0.4) is 0 Å². The molecule has 0 saturated carbocycles. The summed E-state index contributed by atoms with van der Waals surface area (Å²) in [6.45, 7) is 2.95. The summed E-state index contributed by atoms with van der Waals surface area (Å²) >= 11 is 1.43. The Labute approximate surface area is 144 Å². The Kier molecular flexibility index (Phi) is 7.05. The number of amides is 1. The van der Waals surface area contributed by atoms with E-state index in [1.165, 1.54) is 17.8 Å². The van der Waals surface area contributed by atoms with Gasteiger partial charge >= 0.3 is 0 Å². The number of anilines is 1. The maximum Gasteiger partial charge on any atom is 0.230 e. The van der Waals surface area contributed by atoms with E-state index in [9.17, 15) is 9.18 Å².